The third kappa shape index (κ3) is 2.78. The molecule has 2 nitrogen and oxygen atoms in total. The molecule has 2 rings (SSSR count). The van der Waals surface area contributed by atoms with Gasteiger partial charge >= 0.3 is 0 Å². The Bertz CT molecular complexity index is 628. The summed E-state index contributed by atoms with van der Waals surface area (Å²) < 4.78 is 0. The first-order chi connectivity index (χ1) is 8.66. The van der Waals surface area contributed by atoms with Crippen molar-refractivity contribution in [2.45, 2.75) is 6.92 Å². The first kappa shape index (κ1) is 11.9. The highest BCUT2D eigenvalue weighted by atomic mass is 16.3. The Morgan fingerprint density at radius 3 is 2.39 bits per heavy atom. The first-order valence-corrected chi connectivity index (χ1v) is 5.58. The van der Waals surface area contributed by atoms with E-state index in [1.165, 1.54) is 6.07 Å². The van der Waals surface area contributed by atoms with Crippen LogP contribution in [0.25, 0.3) is 0 Å². The summed E-state index contributed by atoms with van der Waals surface area (Å²) >= 11 is 0. The molecule has 0 saturated carbocycles. The standard InChI is InChI=1S/C16H12O2/c1-12-6-8-13(9-7-12)10-11-16(18)14-4-2-3-5-15(14)17/h2-9,17H,1H3. The number of phenols is 1. The minimum absolute atomic E-state index is 0.0410. The molecule has 0 bridgehead atoms. The zero-order valence-corrected chi connectivity index (χ0v) is 9.97. The van der Waals surface area contributed by atoms with Gasteiger partial charge in [-0.1, -0.05) is 35.7 Å². The highest BCUT2D eigenvalue weighted by Crippen LogP contribution is 2.15. The minimum Gasteiger partial charge on any atom is -0.507 e. The van der Waals surface area contributed by atoms with Crippen molar-refractivity contribution in [2.75, 3.05) is 0 Å². The van der Waals surface area contributed by atoms with Crippen molar-refractivity contribution in [1.29, 1.82) is 0 Å². The molecule has 0 aromatic heterocycles. The van der Waals surface area contributed by atoms with E-state index < -0.39 is 0 Å². The van der Waals surface area contributed by atoms with Crippen LogP contribution in [0.1, 0.15) is 21.5 Å². The largest absolute Gasteiger partial charge is 0.507 e. The maximum atomic E-state index is 11.8. The number of rotatable bonds is 1. The van der Waals surface area contributed by atoms with Gasteiger partial charge in [-0.3, -0.25) is 4.79 Å². The molecule has 0 aliphatic heterocycles. The lowest BCUT2D eigenvalue weighted by atomic mass is 10.1. The van der Waals surface area contributed by atoms with E-state index in [0.717, 1.165) is 11.1 Å². The van der Waals surface area contributed by atoms with E-state index in [-0.39, 0.29) is 17.1 Å². The first-order valence-electron chi connectivity index (χ1n) is 5.58. The van der Waals surface area contributed by atoms with Crippen LogP contribution in [0.5, 0.6) is 5.75 Å². The minimum atomic E-state index is -0.381. The van der Waals surface area contributed by atoms with Crippen LogP contribution >= 0.6 is 0 Å². The summed E-state index contributed by atoms with van der Waals surface area (Å²) in [6.45, 7) is 1.99. The molecule has 2 aromatic carbocycles. The zero-order chi connectivity index (χ0) is 13.0. The van der Waals surface area contributed by atoms with E-state index in [4.69, 9.17) is 0 Å². The van der Waals surface area contributed by atoms with Gasteiger partial charge in [-0.2, -0.15) is 0 Å². The monoisotopic (exact) mass is 236 g/mol. The van der Waals surface area contributed by atoms with Gasteiger partial charge in [0.1, 0.15) is 5.75 Å². The number of ketones is 1. The Morgan fingerprint density at radius 2 is 1.72 bits per heavy atom. The van der Waals surface area contributed by atoms with E-state index >= 15 is 0 Å². The number of phenolic OH excluding ortho intramolecular Hbond substituents is 1. The van der Waals surface area contributed by atoms with Gasteiger partial charge < -0.3 is 5.11 Å². The number of carbonyl (C=O) groups excluding carboxylic acids is 1. The molecule has 0 aliphatic carbocycles. The number of aryl methyl sites for hydroxylation is 1. The molecular weight excluding hydrogens is 224 g/mol. The van der Waals surface area contributed by atoms with E-state index in [1.54, 1.807) is 18.2 Å². The van der Waals surface area contributed by atoms with Gasteiger partial charge in [0.2, 0.25) is 5.78 Å². The summed E-state index contributed by atoms with van der Waals surface area (Å²) in [5.41, 5.74) is 2.16. The molecule has 0 atom stereocenters. The van der Waals surface area contributed by atoms with Gasteiger partial charge in [-0.25, -0.2) is 0 Å². The van der Waals surface area contributed by atoms with Crippen LogP contribution < -0.4 is 0 Å². The Morgan fingerprint density at radius 1 is 1.06 bits per heavy atom. The van der Waals surface area contributed by atoms with Crippen molar-refractivity contribution >= 4 is 5.78 Å². The maximum Gasteiger partial charge on any atom is 0.239 e. The summed E-state index contributed by atoms with van der Waals surface area (Å²) in [6, 6.07) is 14.0. The molecule has 2 aromatic rings. The molecule has 0 saturated heterocycles. The van der Waals surface area contributed by atoms with Gasteiger partial charge in [0.05, 0.1) is 5.56 Å². The average Bonchev–Trinajstić information content (AvgIpc) is 2.38. The number of hydrogen-bond donors (Lipinski definition) is 1. The van der Waals surface area contributed by atoms with Crippen LogP contribution in [0.2, 0.25) is 0 Å². The Balaban J connectivity index is 2.23. The van der Waals surface area contributed by atoms with Crippen molar-refractivity contribution in [1.82, 2.24) is 0 Å². The van der Waals surface area contributed by atoms with Crippen LogP contribution in [-0.2, 0) is 0 Å². The molecule has 0 unspecified atom stereocenters. The van der Waals surface area contributed by atoms with Gasteiger partial charge in [0.15, 0.2) is 0 Å². The van der Waals surface area contributed by atoms with Crippen molar-refractivity contribution < 1.29 is 9.90 Å². The van der Waals surface area contributed by atoms with Gasteiger partial charge in [-0.05, 0) is 37.1 Å². The lowest BCUT2D eigenvalue weighted by molar-refractivity contribution is 0.105. The molecule has 0 heterocycles. The van der Waals surface area contributed by atoms with Gasteiger partial charge in [0, 0.05) is 5.56 Å². The number of benzene rings is 2. The molecule has 0 spiro atoms. The summed E-state index contributed by atoms with van der Waals surface area (Å²) in [7, 11) is 0. The second kappa shape index (κ2) is 5.20. The topological polar surface area (TPSA) is 37.3 Å². The van der Waals surface area contributed by atoms with Crippen molar-refractivity contribution in [3.63, 3.8) is 0 Å². The Hall–Kier alpha value is -2.53. The number of aromatic hydroxyl groups is 1. The second-order valence-electron chi connectivity index (χ2n) is 3.96. The Labute approximate surface area is 106 Å². The Kier molecular flexibility index (Phi) is 3.45. The molecule has 0 fully saturated rings. The van der Waals surface area contributed by atoms with E-state index in [9.17, 15) is 9.90 Å². The normalized spacial score (nSPS) is 9.39. The van der Waals surface area contributed by atoms with Crippen LogP contribution in [0.3, 0.4) is 0 Å². The molecule has 0 radical (unpaired) electrons. The lowest BCUT2D eigenvalue weighted by Gasteiger charge is -1.96. The molecule has 0 amide bonds. The predicted octanol–water partition coefficient (Wildman–Crippen LogP) is 2.94. The van der Waals surface area contributed by atoms with E-state index in [0.29, 0.717) is 0 Å². The van der Waals surface area contributed by atoms with Crippen LogP contribution in [0, 0.1) is 18.8 Å². The van der Waals surface area contributed by atoms with Gasteiger partial charge in [-0.15, -0.1) is 0 Å². The predicted molar refractivity (Wildman–Crippen MR) is 70.5 cm³/mol. The fourth-order valence-corrected chi connectivity index (χ4v) is 1.50. The summed E-state index contributed by atoms with van der Waals surface area (Å²) in [4.78, 5) is 11.8. The van der Waals surface area contributed by atoms with Crippen molar-refractivity contribution in [2.24, 2.45) is 0 Å². The van der Waals surface area contributed by atoms with E-state index in [1.807, 2.05) is 31.2 Å². The quantitative estimate of drug-likeness (QED) is 0.610. The smallest absolute Gasteiger partial charge is 0.239 e. The maximum absolute atomic E-state index is 11.8. The number of carbonyl (C=O) groups is 1. The summed E-state index contributed by atoms with van der Waals surface area (Å²) in [5.74, 6) is 4.89. The van der Waals surface area contributed by atoms with Crippen molar-refractivity contribution in [3.8, 4) is 17.6 Å². The fourth-order valence-electron chi connectivity index (χ4n) is 1.50. The molecule has 18 heavy (non-hydrogen) atoms. The lowest BCUT2D eigenvalue weighted by Crippen LogP contribution is -1.95. The SMILES string of the molecule is Cc1ccc(C#CC(=O)c2ccccc2O)cc1. The third-order valence-corrected chi connectivity index (χ3v) is 2.52. The number of para-hydroxylation sites is 1. The number of hydrogen-bond acceptors (Lipinski definition) is 2. The molecule has 0 aliphatic rings. The van der Waals surface area contributed by atoms with Crippen LogP contribution in [0.4, 0.5) is 0 Å². The summed E-state index contributed by atoms with van der Waals surface area (Å²) in [6.07, 6.45) is 0. The van der Waals surface area contributed by atoms with Gasteiger partial charge in [0.25, 0.3) is 0 Å². The van der Waals surface area contributed by atoms with Crippen LogP contribution in [-0.4, -0.2) is 10.9 Å². The highest BCUT2D eigenvalue weighted by Gasteiger charge is 2.06. The average molecular weight is 236 g/mol. The molecule has 2 heteroatoms. The van der Waals surface area contributed by atoms with E-state index in [2.05, 4.69) is 11.8 Å². The third-order valence-electron chi connectivity index (χ3n) is 2.52. The summed E-state index contributed by atoms with van der Waals surface area (Å²) in [5, 5.41) is 9.53. The second-order valence-corrected chi connectivity index (χ2v) is 3.96. The van der Waals surface area contributed by atoms with Crippen molar-refractivity contribution in [3.05, 3.63) is 65.2 Å². The molecular formula is C16H12O2. The highest BCUT2D eigenvalue weighted by molar-refractivity contribution is 6.10. The number of Topliss-reactive ketones (excluding diaryl/α,β-unsaturated/α-hetero) is 1. The molecule has 88 valence electrons. The molecule has 1 N–H and O–H groups in total. The van der Waals surface area contributed by atoms with Crippen LogP contribution in [0.15, 0.2) is 48.5 Å². The fraction of sp³-hybridized carbons (Fsp3) is 0.0625. The zero-order valence-electron chi connectivity index (χ0n) is 9.97.